The van der Waals surface area contributed by atoms with Crippen LogP contribution in [0.15, 0.2) is 73.0 Å². The van der Waals surface area contributed by atoms with Gasteiger partial charge in [0.1, 0.15) is 24.2 Å². The van der Waals surface area contributed by atoms with Crippen LogP contribution in [-0.2, 0) is 27.1 Å². The van der Waals surface area contributed by atoms with Crippen molar-refractivity contribution in [3.8, 4) is 0 Å². The van der Waals surface area contributed by atoms with Gasteiger partial charge in [-0.3, -0.25) is 9.48 Å². The van der Waals surface area contributed by atoms with E-state index in [-0.39, 0.29) is 19.1 Å². The molecule has 0 saturated carbocycles. The Morgan fingerprint density at radius 2 is 2.08 bits per heavy atom. The second kappa shape index (κ2) is 11.3. The van der Waals surface area contributed by atoms with Gasteiger partial charge in [-0.05, 0) is 42.5 Å². The van der Waals surface area contributed by atoms with E-state index in [1.165, 1.54) is 6.26 Å². The van der Waals surface area contributed by atoms with Gasteiger partial charge in [0.2, 0.25) is 6.79 Å². The highest BCUT2D eigenvalue weighted by molar-refractivity contribution is 5.67. The SMILES string of the molecule is O=C(O)CC(Cc1ccccc1)C(C1=COCO1)n1cc(C=CC(O)c2ccc3c(n2)NCCC3)cn1. The van der Waals surface area contributed by atoms with E-state index >= 15 is 0 Å². The van der Waals surface area contributed by atoms with Crippen molar-refractivity contribution in [1.29, 1.82) is 0 Å². The van der Waals surface area contributed by atoms with E-state index in [9.17, 15) is 15.0 Å². The zero-order valence-electron chi connectivity index (χ0n) is 20.4. The number of nitrogens with one attached hydrogen (secondary N) is 1. The lowest BCUT2D eigenvalue weighted by atomic mass is 9.88. The van der Waals surface area contributed by atoms with Gasteiger partial charge in [0.15, 0.2) is 5.76 Å². The third kappa shape index (κ3) is 6.00. The highest BCUT2D eigenvalue weighted by atomic mass is 16.7. The Balaban J connectivity index is 1.37. The first-order valence-electron chi connectivity index (χ1n) is 12.4. The first kappa shape index (κ1) is 24.6. The Bertz CT molecular complexity index is 1290. The van der Waals surface area contributed by atoms with Gasteiger partial charge in [0.25, 0.3) is 0 Å². The zero-order valence-corrected chi connectivity index (χ0v) is 20.4. The fourth-order valence-corrected chi connectivity index (χ4v) is 4.82. The number of rotatable bonds is 10. The third-order valence-corrected chi connectivity index (χ3v) is 6.60. The van der Waals surface area contributed by atoms with Crippen molar-refractivity contribution < 1.29 is 24.5 Å². The highest BCUT2D eigenvalue weighted by Crippen LogP contribution is 2.34. The quantitative estimate of drug-likeness (QED) is 0.379. The summed E-state index contributed by atoms with van der Waals surface area (Å²) in [6.45, 7) is 0.966. The molecule has 0 aliphatic carbocycles. The number of aliphatic carboxylic acids is 1. The molecule has 0 bridgehead atoms. The molecule has 9 nitrogen and oxygen atoms in total. The predicted octanol–water partition coefficient (Wildman–Crippen LogP) is 4.10. The number of pyridine rings is 1. The van der Waals surface area contributed by atoms with E-state index in [0.29, 0.717) is 17.9 Å². The van der Waals surface area contributed by atoms with E-state index in [1.807, 2.05) is 48.7 Å². The van der Waals surface area contributed by atoms with Crippen LogP contribution in [0.25, 0.3) is 6.08 Å². The number of aliphatic hydroxyl groups is 1. The molecular weight excluding hydrogens is 472 g/mol. The Morgan fingerprint density at radius 3 is 2.86 bits per heavy atom. The molecule has 3 N–H and O–H groups in total. The molecule has 0 spiro atoms. The van der Waals surface area contributed by atoms with Crippen LogP contribution in [0, 0.1) is 5.92 Å². The molecule has 192 valence electrons. The molecule has 2 aliphatic rings. The Labute approximate surface area is 215 Å². The van der Waals surface area contributed by atoms with Crippen LogP contribution >= 0.6 is 0 Å². The van der Waals surface area contributed by atoms with Gasteiger partial charge in [0.05, 0.1) is 18.3 Å². The minimum atomic E-state index is -0.895. The molecular formula is C28H30N4O5. The summed E-state index contributed by atoms with van der Waals surface area (Å²) >= 11 is 0. The second-order valence-electron chi connectivity index (χ2n) is 9.27. The molecule has 4 heterocycles. The number of carboxylic acid groups (broad SMARTS) is 1. The monoisotopic (exact) mass is 502 g/mol. The molecule has 2 aliphatic heterocycles. The van der Waals surface area contributed by atoms with Crippen LogP contribution in [-0.4, -0.2) is 44.3 Å². The van der Waals surface area contributed by atoms with E-state index < -0.39 is 18.1 Å². The first-order valence-corrected chi connectivity index (χ1v) is 12.4. The number of allylic oxidation sites excluding steroid dienone is 1. The number of hydrogen-bond acceptors (Lipinski definition) is 7. The number of aliphatic hydroxyl groups excluding tert-OH is 1. The largest absolute Gasteiger partial charge is 0.481 e. The molecule has 0 amide bonds. The number of carboxylic acids is 1. The summed E-state index contributed by atoms with van der Waals surface area (Å²) in [4.78, 5) is 16.4. The first-order chi connectivity index (χ1) is 18.1. The predicted molar refractivity (Wildman–Crippen MR) is 137 cm³/mol. The smallest absolute Gasteiger partial charge is 0.303 e. The number of aromatic nitrogens is 3. The van der Waals surface area contributed by atoms with Gasteiger partial charge in [0, 0.05) is 24.2 Å². The molecule has 3 unspecified atom stereocenters. The zero-order chi connectivity index (χ0) is 25.6. The molecule has 0 saturated heterocycles. The molecule has 2 aromatic heterocycles. The molecule has 3 aromatic rings. The van der Waals surface area contributed by atoms with Gasteiger partial charge >= 0.3 is 5.97 Å². The number of anilines is 1. The van der Waals surface area contributed by atoms with Crippen molar-refractivity contribution in [2.24, 2.45) is 5.92 Å². The lowest BCUT2D eigenvalue weighted by Crippen LogP contribution is -2.26. The van der Waals surface area contributed by atoms with Crippen molar-refractivity contribution in [2.75, 3.05) is 18.7 Å². The van der Waals surface area contributed by atoms with E-state index in [0.717, 1.165) is 41.9 Å². The maximum absolute atomic E-state index is 11.8. The van der Waals surface area contributed by atoms with Crippen LogP contribution < -0.4 is 5.32 Å². The standard InChI is InChI=1S/C28H30N4O5/c33-24(23-10-9-21-7-4-12-29-28(21)31-23)11-8-20-15-30-32(16-20)27(25-17-36-18-37-25)22(14-26(34)35)13-19-5-2-1-3-6-19/h1-3,5-6,8-11,15-17,22,24,27,33H,4,7,12-14,18H2,(H,29,31)(H,34,35). The lowest BCUT2D eigenvalue weighted by Gasteiger charge is -2.26. The second-order valence-corrected chi connectivity index (χ2v) is 9.27. The maximum atomic E-state index is 11.8. The number of ether oxygens (including phenoxy) is 2. The Kier molecular flexibility index (Phi) is 7.51. The summed E-state index contributed by atoms with van der Waals surface area (Å²) in [6.07, 6.45) is 10.1. The van der Waals surface area contributed by atoms with E-state index in [4.69, 9.17) is 9.47 Å². The number of fused-ring (bicyclic) bond motifs is 1. The fourth-order valence-electron chi connectivity index (χ4n) is 4.82. The summed E-state index contributed by atoms with van der Waals surface area (Å²) in [5.74, 6) is 0.142. The number of carbonyl (C=O) groups is 1. The topological polar surface area (TPSA) is 119 Å². The van der Waals surface area contributed by atoms with Crippen molar-refractivity contribution in [1.82, 2.24) is 14.8 Å². The van der Waals surface area contributed by atoms with Crippen molar-refractivity contribution >= 4 is 17.9 Å². The minimum absolute atomic E-state index is 0.0674. The summed E-state index contributed by atoms with van der Waals surface area (Å²) < 4.78 is 12.7. The maximum Gasteiger partial charge on any atom is 0.303 e. The summed E-state index contributed by atoms with van der Waals surface area (Å²) in [7, 11) is 0. The third-order valence-electron chi connectivity index (χ3n) is 6.60. The van der Waals surface area contributed by atoms with Crippen LogP contribution in [0.2, 0.25) is 0 Å². The van der Waals surface area contributed by atoms with Crippen molar-refractivity contribution in [2.45, 2.75) is 37.8 Å². The molecule has 0 fully saturated rings. The van der Waals surface area contributed by atoms with Crippen LogP contribution in [0.5, 0.6) is 0 Å². The van der Waals surface area contributed by atoms with Crippen molar-refractivity contribution in [3.05, 3.63) is 95.3 Å². The summed E-state index contributed by atoms with van der Waals surface area (Å²) in [6, 6.07) is 13.2. The molecule has 37 heavy (non-hydrogen) atoms. The fraction of sp³-hybridized carbons (Fsp3) is 0.321. The normalized spacial score (nSPS) is 17.2. The van der Waals surface area contributed by atoms with Gasteiger partial charge < -0.3 is 25.0 Å². The summed E-state index contributed by atoms with van der Waals surface area (Å²) in [5, 5.41) is 28.2. The van der Waals surface area contributed by atoms with Crippen LogP contribution in [0.3, 0.4) is 0 Å². The number of benzene rings is 1. The van der Waals surface area contributed by atoms with Crippen LogP contribution in [0.4, 0.5) is 5.82 Å². The Hall–Kier alpha value is -4.11. The van der Waals surface area contributed by atoms with Gasteiger partial charge in [-0.2, -0.15) is 5.10 Å². The number of hydrogen-bond donors (Lipinski definition) is 3. The van der Waals surface area contributed by atoms with Gasteiger partial charge in [-0.15, -0.1) is 0 Å². The number of nitrogens with zero attached hydrogens (tertiary/aromatic N) is 3. The molecule has 5 rings (SSSR count). The Morgan fingerprint density at radius 1 is 1.22 bits per heavy atom. The minimum Gasteiger partial charge on any atom is -0.481 e. The van der Waals surface area contributed by atoms with E-state index in [2.05, 4.69) is 15.4 Å². The molecule has 0 radical (unpaired) electrons. The molecule has 1 aromatic carbocycles. The highest BCUT2D eigenvalue weighted by Gasteiger charge is 2.33. The lowest BCUT2D eigenvalue weighted by molar-refractivity contribution is -0.138. The molecule has 3 atom stereocenters. The average Bonchev–Trinajstić information content (AvgIpc) is 3.60. The van der Waals surface area contributed by atoms with Crippen LogP contribution in [0.1, 0.15) is 47.4 Å². The average molecular weight is 503 g/mol. The molecule has 9 heteroatoms. The summed E-state index contributed by atoms with van der Waals surface area (Å²) in [5.41, 5.74) is 3.52. The number of aryl methyl sites for hydroxylation is 1. The van der Waals surface area contributed by atoms with Gasteiger partial charge in [-0.1, -0.05) is 42.5 Å². The van der Waals surface area contributed by atoms with Gasteiger partial charge in [-0.25, -0.2) is 4.98 Å². The van der Waals surface area contributed by atoms with E-state index in [1.54, 1.807) is 23.0 Å². The van der Waals surface area contributed by atoms with Crippen molar-refractivity contribution in [3.63, 3.8) is 0 Å².